The Morgan fingerprint density at radius 3 is 2.33 bits per heavy atom. The SMILES string of the molecule is CNC(C)N1CCCC1. The van der Waals surface area contributed by atoms with E-state index in [-0.39, 0.29) is 0 Å². The highest BCUT2D eigenvalue weighted by molar-refractivity contribution is 4.69. The Morgan fingerprint density at radius 2 is 1.89 bits per heavy atom. The zero-order valence-electron chi connectivity index (χ0n) is 6.35. The van der Waals surface area contributed by atoms with Crippen LogP contribution in [0.1, 0.15) is 19.8 Å². The molecule has 1 rings (SSSR count). The maximum Gasteiger partial charge on any atom is 0.0565 e. The third-order valence-electron chi connectivity index (χ3n) is 2.11. The first kappa shape index (κ1) is 7.03. The van der Waals surface area contributed by atoms with Crippen LogP contribution in [-0.4, -0.2) is 31.2 Å². The Labute approximate surface area is 57.2 Å². The van der Waals surface area contributed by atoms with Crippen LogP contribution in [0.5, 0.6) is 0 Å². The molecule has 0 aliphatic carbocycles. The van der Waals surface area contributed by atoms with Crippen LogP contribution in [0.4, 0.5) is 0 Å². The summed E-state index contributed by atoms with van der Waals surface area (Å²) in [5.41, 5.74) is 0. The first-order chi connectivity index (χ1) is 4.34. The van der Waals surface area contributed by atoms with Gasteiger partial charge in [-0.05, 0) is 39.9 Å². The summed E-state index contributed by atoms with van der Waals surface area (Å²) in [5.74, 6) is 0. The molecule has 0 bridgehead atoms. The minimum absolute atomic E-state index is 0.576. The first-order valence-electron chi connectivity index (χ1n) is 3.76. The normalized spacial score (nSPS) is 24.7. The Morgan fingerprint density at radius 1 is 1.33 bits per heavy atom. The largest absolute Gasteiger partial charge is 0.305 e. The van der Waals surface area contributed by atoms with Gasteiger partial charge in [-0.2, -0.15) is 0 Å². The summed E-state index contributed by atoms with van der Waals surface area (Å²) in [6.45, 7) is 4.77. The van der Waals surface area contributed by atoms with Crippen LogP contribution in [0.2, 0.25) is 0 Å². The molecule has 0 radical (unpaired) electrons. The van der Waals surface area contributed by atoms with Crippen LogP contribution in [0.25, 0.3) is 0 Å². The predicted octanol–water partition coefficient (Wildman–Crippen LogP) is 0.648. The van der Waals surface area contributed by atoms with Crippen molar-refractivity contribution in [1.82, 2.24) is 10.2 Å². The molecular weight excluding hydrogens is 112 g/mol. The fourth-order valence-corrected chi connectivity index (χ4v) is 1.31. The fourth-order valence-electron chi connectivity index (χ4n) is 1.31. The molecule has 0 aromatic carbocycles. The van der Waals surface area contributed by atoms with Crippen LogP contribution >= 0.6 is 0 Å². The first-order valence-corrected chi connectivity index (χ1v) is 3.76. The lowest BCUT2D eigenvalue weighted by Gasteiger charge is -2.22. The highest BCUT2D eigenvalue weighted by Gasteiger charge is 2.15. The second-order valence-corrected chi connectivity index (χ2v) is 2.71. The zero-order valence-corrected chi connectivity index (χ0v) is 6.35. The van der Waals surface area contributed by atoms with Gasteiger partial charge in [0.2, 0.25) is 0 Å². The zero-order chi connectivity index (χ0) is 6.69. The van der Waals surface area contributed by atoms with Crippen LogP contribution in [-0.2, 0) is 0 Å². The third-order valence-corrected chi connectivity index (χ3v) is 2.11. The second kappa shape index (κ2) is 3.18. The molecule has 2 heteroatoms. The van der Waals surface area contributed by atoms with Gasteiger partial charge in [0.15, 0.2) is 0 Å². The lowest BCUT2D eigenvalue weighted by Crippen LogP contribution is -2.39. The molecule has 1 saturated heterocycles. The summed E-state index contributed by atoms with van der Waals surface area (Å²) >= 11 is 0. The van der Waals surface area contributed by atoms with E-state index >= 15 is 0 Å². The lowest BCUT2D eigenvalue weighted by atomic mass is 10.4. The van der Waals surface area contributed by atoms with Crippen LogP contribution in [0.3, 0.4) is 0 Å². The molecule has 54 valence electrons. The van der Waals surface area contributed by atoms with Crippen molar-refractivity contribution in [1.29, 1.82) is 0 Å². The molecule has 1 N–H and O–H groups in total. The van der Waals surface area contributed by atoms with Crippen molar-refractivity contribution in [2.75, 3.05) is 20.1 Å². The van der Waals surface area contributed by atoms with Crippen molar-refractivity contribution in [2.45, 2.75) is 25.9 Å². The fraction of sp³-hybridized carbons (Fsp3) is 1.00. The predicted molar refractivity (Wildman–Crippen MR) is 39.3 cm³/mol. The Bertz CT molecular complexity index is 77.0. The van der Waals surface area contributed by atoms with Gasteiger partial charge < -0.3 is 5.32 Å². The summed E-state index contributed by atoms with van der Waals surface area (Å²) in [4.78, 5) is 2.47. The van der Waals surface area contributed by atoms with E-state index in [0.29, 0.717) is 6.17 Å². The minimum atomic E-state index is 0.576. The minimum Gasteiger partial charge on any atom is -0.305 e. The quantitative estimate of drug-likeness (QED) is 0.587. The molecule has 0 spiro atoms. The molecule has 1 aliphatic rings. The number of nitrogens with zero attached hydrogens (tertiary/aromatic N) is 1. The number of nitrogens with one attached hydrogen (secondary N) is 1. The van der Waals surface area contributed by atoms with Gasteiger partial charge in [0.1, 0.15) is 0 Å². The van der Waals surface area contributed by atoms with Crippen molar-refractivity contribution in [3.63, 3.8) is 0 Å². The van der Waals surface area contributed by atoms with E-state index in [2.05, 4.69) is 17.1 Å². The topological polar surface area (TPSA) is 15.3 Å². The molecule has 9 heavy (non-hydrogen) atoms. The molecule has 1 aliphatic heterocycles. The van der Waals surface area contributed by atoms with E-state index in [0.717, 1.165) is 0 Å². The molecule has 1 heterocycles. The maximum absolute atomic E-state index is 3.23. The van der Waals surface area contributed by atoms with Crippen LogP contribution in [0, 0.1) is 0 Å². The summed E-state index contributed by atoms with van der Waals surface area (Å²) in [5, 5.41) is 3.23. The Balaban J connectivity index is 2.24. The van der Waals surface area contributed by atoms with Gasteiger partial charge in [0.25, 0.3) is 0 Å². The van der Waals surface area contributed by atoms with Crippen molar-refractivity contribution in [2.24, 2.45) is 0 Å². The number of rotatable bonds is 2. The average molecular weight is 128 g/mol. The van der Waals surface area contributed by atoms with E-state index in [1.165, 1.54) is 25.9 Å². The number of hydrogen-bond donors (Lipinski definition) is 1. The van der Waals surface area contributed by atoms with Crippen molar-refractivity contribution < 1.29 is 0 Å². The summed E-state index contributed by atoms with van der Waals surface area (Å²) in [6.07, 6.45) is 3.34. The van der Waals surface area contributed by atoms with E-state index in [9.17, 15) is 0 Å². The molecule has 0 saturated carbocycles. The smallest absolute Gasteiger partial charge is 0.0565 e. The van der Waals surface area contributed by atoms with Gasteiger partial charge in [0.05, 0.1) is 6.17 Å². The van der Waals surface area contributed by atoms with E-state index in [4.69, 9.17) is 0 Å². The summed E-state index contributed by atoms with van der Waals surface area (Å²) in [7, 11) is 2.02. The molecule has 1 fully saturated rings. The molecule has 2 nitrogen and oxygen atoms in total. The van der Waals surface area contributed by atoms with Crippen molar-refractivity contribution in [3.8, 4) is 0 Å². The molecule has 0 amide bonds. The van der Waals surface area contributed by atoms with Gasteiger partial charge in [0, 0.05) is 0 Å². The van der Waals surface area contributed by atoms with Crippen LogP contribution in [0.15, 0.2) is 0 Å². The molecule has 1 unspecified atom stereocenters. The highest BCUT2D eigenvalue weighted by atomic mass is 15.3. The van der Waals surface area contributed by atoms with Gasteiger partial charge in [-0.25, -0.2) is 0 Å². The monoisotopic (exact) mass is 128 g/mol. The van der Waals surface area contributed by atoms with Crippen LogP contribution < -0.4 is 5.32 Å². The summed E-state index contributed by atoms with van der Waals surface area (Å²) in [6, 6.07) is 0. The van der Waals surface area contributed by atoms with Gasteiger partial charge >= 0.3 is 0 Å². The second-order valence-electron chi connectivity index (χ2n) is 2.71. The summed E-state index contributed by atoms with van der Waals surface area (Å²) < 4.78 is 0. The van der Waals surface area contributed by atoms with E-state index < -0.39 is 0 Å². The van der Waals surface area contributed by atoms with Gasteiger partial charge in [-0.3, -0.25) is 4.90 Å². The molecule has 1 atom stereocenters. The maximum atomic E-state index is 3.23. The number of hydrogen-bond acceptors (Lipinski definition) is 2. The van der Waals surface area contributed by atoms with Gasteiger partial charge in [-0.1, -0.05) is 0 Å². The van der Waals surface area contributed by atoms with E-state index in [1.807, 2.05) is 7.05 Å². The average Bonchev–Trinajstić information content (AvgIpc) is 2.37. The molecular formula is C7H16N2. The molecule has 0 aromatic heterocycles. The van der Waals surface area contributed by atoms with E-state index in [1.54, 1.807) is 0 Å². The third kappa shape index (κ3) is 1.66. The van der Waals surface area contributed by atoms with Crippen molar-refractivity contribution in [3.05, 3.63) is 0 Å². The standard InChI is InChI=1S/C7H16N2/c1-7(8-2)9-5-3-4-6-9/h7-8H,3-6H2,1-2H3. The Kier molecular flexibility index (Phi) is 2.49. The highest BCUT2D eigenvalue weighted by Crippen LogP contribution is 2.08. The number of likely N-dealkylation sites (tertiary alicyclic amines) is 1. The van der Waals surface area contributed by atoms with Crippen molar-refractivity contribution >= 4 is 0 Å². The molecule has 0 aromatic rings. The Hall–Kier alpha value is -0.0800. The lowest BCUT2D eigenvalue weighted by molar-refractivity contribution is 0.231. The van der Waals surface area contributed by atoms with Gasteiger partial charge in [-0.15, -0.1) is 0 Å².